The number of thioether (sulfide) groups is 1. The van der Waals surface area contributed by atoms with Crippen LogP contribution in [0.25, 0.3) is 5.65 Å². The van der Waals surface area contributed by atoms with E-state index in [-0.39, 0.29) is 36.8 Å². The number of aromatic nitrogens is 3. The molecule has 2 aromatic rings. The van der Waals surface area contributed by atoms with Crippen molar-refractivity contribution in [1.29, 1.82) is 0 Å². The van der Waals surface area contributed by atoms with Crippen molar-refractivity contribution in [1.82, 2.24) is 25.2 Å². The Labute approximate surface area is 145 Å². The van der Waals surface area contributed by atoms with Crippen molar-refractivity contribution < 1.29 is 4.79 Å². The molecule has 122 valence electrons. The lowest BCUT2D eigenvalue weighted by atomic mass is 10.2. The molecule has 1 aliphatic rings. The maximum atomic E-state index is 11.9. The van der Waals surface area contributed by atoms with E-state index in [1.807, 2.05) is 40.6 Å². The minimum Gasteiger partial charge on any atom is -0.349 e. The summed E-state index contributed by atoms with van der Waals surface area (Å²) in [6, 6.07) is 6.01. The molecular weight excluding hydrogens is 345 g/mol. The highest BCUT2D eigenvalue weighted by atomic mass is 35.5. The summed E-state index contributed by atoms with van der Waals surface area (Å²) >= 11 is 1.89. The first-order valence-corrected chi connectivity index (χ1v) is 7.85. The molecule has 0 radical (unpaired) electrons. The number of rotatable bonds is 4. The molecule has 6 nitrogen and oxygen atoms in total. The number of nitrogens with one attached hydrogen (secondary N) is 2. The van der Waals surface area contributed by atoms with Gasteiger partial charge in [0.25, 0.3) is 0 Å². The summed E-state index contributed by atoms with van der Waals surface area (Å²) in [5, 5.41) is 14.4. The summed E-state index contributed by atoms with van der Waals surface area (Å²) in [6.07, 6.45) is 2.42. The fourth-order valence-corrected chi connectivity index (χ4v) is 3.18. The van der Waals surface area contributed by atoms with Crippen molar-refractivity contribution >= 4 is 48.1 Å². The Bertz CT molecular complexity index is 603. The number of hydrogen-bond acceptors (Lipinski definition) is 5. The van der Waals surface area contributed by atoms with Crippen LogP contribution in [0.2, 0.25) is 0 Å². The van der Waals surface area contributed by atoms with Crippen molar-refractivity contribution in [2.75, 3.05) is 18.1 Å². The number of nitrogens with zero attached hydrogens (tertiary/aromatic N) is 3. The third-order valence-electron chi connectivity index (χ3n) is 3.26. The lowest BCUT2D eigenvalue weighted by Crippen LogP contribution is -2.41. The topological polar surface area (TPSA) is 71.3 Å². The second-order valence-electron chi connectivity index (χ2n) is 4.75. The van der Waals surface area contributed by atoms with E-state index in [2.05, 4.69) is 20.8 Å². The normalized spacial score (nSPS) is 17.4. The average Bonchev–Trinajstić information content (AvgIpc) is 2.89. The molecule has 9 heteroatoms. The van der Waals surface area contributed by atoms with Gasteiger partial charge in [-0.2, -0.15) is 11.8 Å². The molecule has 3 rings (SSSR count). The second-order valence-corrected chi connectivity index (χ2v) is 5.90. The predicted molar refractivity (Wildman–Crippen MR) is 93.1 cm³/mol. The molecule has 1 atom stereocenters. The molecule has 0 spiro atoms. The van der Waals surface area contributed by atoms with Crippen molar-refractivity contribution in [3.63, 3.8) is 0 Å². The van der Waals surface area contributed by atoms with Gasteiger partial charge in [-0.25, -0.2) is 0 Å². The third-order valence-corrected chi connectivity index (χ3v) is 4.39. The van der Waals surface area contributed by atoms with Crippen LogP contribution in [0.15, 0.2) is 24.4 Å². The molecule has 1 unspecified atom stereocenters. The molecule has 1 aliphatic heterocycles. The molecule has 1 amide bonds. The van der Waals surface area contributed by atoms with Crippen LogP contribution in [0.4, 0.5) is 0 Å². The third kappa shape index (κ3) is 4.74. The van der Waals surface area contributed by atoms with Gasteiger partial charge in [0.05, 0.1) is 6.54 Å². The Balaban J connectivity index is 0.00000121. The zero-order valence-corrected chi connectivity index (χ0v) is 14.3. The van der Waals surface area contributed by atoms with Gasteiger partial charge in [-0.05, 0) is 12.1 Å². The van der Waals surface area contributed by atoms with Crippen LogP contribution in [0.5, 0.6) is 0 Å². The van der Waals surface area contributed by atoms with Crippen molar-refractivity contribution in [2.24, 2.45) is 0 Å². The summed E-state index contributed by atoms with van der Waals surface area (Å²) in [7, 11) is 0. The van der Waals surface area contributed by atoms with E-state index in [1.54, 1.807) is 0 Å². The molecule has 0 aliphatic carbocycles. The first kappa shape index (κ1) is 19.0. The van der Waals surface area contributed by atoms with Crippen LogP contribution in [0.1, 0.15) is 12.2 Å². The smallest absolute Gasteiger partial charge is 0.221 e. The van der Waals surface area contributed by atoms with Crippen LogP contribution in [-0.4, -0.2) is 44.6 Å². The van der Waals surface area contributed by atoms with E-state index in [9.17, 15) is 4.79 Å². The van der Waals surface area contributed by atoms with Gasteiger partial charge >= 0.3 is 0 Å². The van der Waals surface area contributed by atoms with Gasteiger partial charge < -0.3 is 10.6 Å². The largest absolute Gasteiger partial charge is 0.349 e. The summed E-state index contributed by atoms with van der Waals surface area (Å²) in [4.78, 5) is 11.9. The minimum atomic E-state index is 0. The first-order chi connectivity index (χ1) is 9.83. The minimum absolute atomic E-state index is 0. The SMILES string of the molecule is Cl.Cl.O=C(CC1CSCCN1)NCc1nnc2ccccn12. The highest BCUT2D eigenvalue weighted by molar-refractivity contribution is 7.99. The quantitative estimate of drug-likeness (QED) is 0.856. The van der Waals surface area contributed by atoms with Crippen LogP contribution in [0, 0.1) is 0 Å². The van der Waals surface area contributed by atoms with Gasteiger partial charge in [-0.15, -0.1) is 35.0 Å². The van der Waals surface area contributed by atoms with Crippen LogP contribution < -0.4 is 10.6 Å². The van der Waals surface area contributed by atoms with Gasteiger partial charge in [0.2, 0.25) is 5.91 Å². The zero-order valence-electron chi connectivity index (χ0n) is 11.9. The average molecular weight is 364 g/mol. The standard InChI is InChI=1S/C13H17N5OS.2ClH/c19-13(7-10-9-20-6-4-14-10)15-8-12-17-16-11-3-1-2-5-18(11)12;;/h1-3,5,10,14H,4,6-9H2,(H,15,19);2*1H. The van der Waals surface area contributed by atoms with Gasteiger partial charge in [0.15, 0.2) is 11.5 Å². The van der Waals surface area contributed by atoms with E-state index >= 15 is 0 Å². The summed E-state index contributed by atoms with van der Waals surface area (Å²) in [5.41, 5.74) is 0.794. The fourth-order valence-electron chi connectivity index (χ4n) is 2.24. The number of halogens is 2. The number of fused-ring (bicyclic) bond motifs is 1. The fraction of sp³-hybridized carbons (Fsp3) is 0.462. The Hall–Kier alpha value is -1.02. The second kappa shape index (κ2) is 9.19. The lowest BCUT2D eigenvalue weighted by Gasteiger charge is -2.22. The van der Waals surface area contributed by atoms with Crippen molar-refractivity contribution in [3.8, 4) is 0 Å². The van der Waals surface area contributed by atoms with Gasteiger partial charge in [-0.1, -0.05) is 6.07 Å². The highest BCUT2D eigenvalue weighted by Crippen LogP contribution is 2.10. The van der Waals surface area contributed by atoms with Crippen LogP contribution in [0.3, 0.4) is 0 Å². The highest BCUT2D eigenvalue weighted by Gasteiger charge is 2.16. The number of carbonyl (C=O) groups is 1. The van der Waals surface area contributed by atoms with E-state index < -0.39 is 0 Å². The summed E-state index contributed by atoms with van der Waals surface area (Å²) in [5.74, 6) is 2.93. The van der Waals surface area contributed by atoms with Crippen molar-refractivity contribution in [2.45, 2.75) is 19.0 Å². The molecule has 0 aromatic carbocycles. The van der Waals surface area contributed by atoms with E-state index in [0.717, 1.165) is 29.5 Å². The molecule has 0 bridgehead atoms. The Morgan fingerprint density at radius 3 is 3.05 bits per heavy atom. The van der Waals surface area contributed by atoms with Gasteiger partial charge in [-0.3, -0.25) is 9.20 Å². The summed E-state index contributed by atoms with van der Waals surface area (Å²) < 4.78 is 1.88. The molecule has 3 heterocycles. The summed E-state index contributed by atoms with van der Waals surface area (Å²) in [6.45, 7) is 1.39. The van der Waals surface area contributed by atoms with Crippen LogP contribution >= 0.6 is 36.6 Å². The molecule has 22 heavy (non-hydrogen) atoms. The Morgan fingerprint density at radius 2 is 2.27 bits per heavy atom. The number of pyridine rings is 1. The number of hydrogen-bond donors (Lipinski definition) is 2. The molecule has 1 saturated heterocycles. The Morgan fingerprint density at radius 1 is 1.41 bits per heavy atom. The molecule has 1 fully saturated rings. The predicted octanol–water partition coefficient (Wildman–Crippen LogP) is 1.28. The maximum absolute atomic E-state index is 11.9. The Kier molecular flexibility index (Phi) is 7.95. The van der Waals surface area contributed by atoms with E-state index in [1.165, 1.54) is 0 Å². The molecular formula is C13H19Cl2N5OS. The monoisotopic (exact) mass is 363 g/mol. The van der Waals surface area contributed by atoms with Gasteiger partial charge in [0, 0.05) is 36.7 Å². The zero-order chi connectivity index (χ0) is 13.8. The molecule has 2 N–H and O–H groups in total. The lowest BCUT2D eigenvalue weighted by molar-refractivity contribution is -0.121. The van der Waals surface area contributed by atoms with Crippen LogP contribution in [-0.2, 0) is 11.3 Å². The van der Waals surface area contributed by atoms with E-state index in [0.29, 0.717) is 13.0 Å². The molecule has 0 saturated carbocycles. The van der Waals surface area contributed by atoms with E-state index in [4.69, 9.17) is 0 Å². The first-order valence-electron chi connectivity index (χ1n) is 6.69. The maximum Gasteiger partial charge on any atom is 0.221 e. The number of amides is 1. The van der Waals surface area contributed by atoms with Crippen molar-refractivity contribution in [3.05, 3.63) is 30.2 Å². The van der Waals surface area contributed by atoms with Gasteiger partial charge in [0.1, 0.15) is 0 Å². The number of carbonyl (C=O) groups excluding carboxylic acids is 1. The molecule has 2 aromatic heterocycles.